The summed E-state index contributed by atoms with van der Waals surface area (Å²) in [6.07, 6.45) is -0.240. The molecule has 2 aromatic carbocycles. The fraction of sp³-hybridized carbons (Fsp3) is 0.300. The van der Waals surface area contributed by atoms with Gasteiger partial charge in [0, 0.05) is 17.4 Å². The number of carbonyl (C=O) groups excluding carboxylic acids is 2. The average molecular weight is 451 g/mol. The van der Waals surface area contributed by atoms with E-state index in [1.807, 2.05) is 0 Å². The van der Waals surface area contributed by atoms with Crippen molar-refractivity contribution in [1.82, 2.24) is 0 Å². The Morgan fingerprint density at radius 1 is 1.20 bits per heavy atom. The Morgan fingerprint density at radius 3 is 2.67 bits per heavy atom. The van der Waals surface area contributed by atoms with Crippen LogP contribution < -0.4 is 20.1 Å². The largest absolute Gasteiger partial charge is 0.497 e. The van der Waals surface area contributed by atoms with Gasteiger partial charge in [0.2, 0.25) is 11.8 Å². The summed E-state index contributed by atoms with van der Waals surface area (Å²) < 4.78 is 36.3. The van der Waals surface area contributed by atoms with Crippen LogP contribution in [0.15, 0.2) is 46.2 Å². The average Bonchev–Trinajstić information content (AvgIpc) is 2.73. The van der Waals surface area contributed by atoms with Gasteiger partial charge in [0.15, 0.2) is 9.84 Å². The number of hydrogen-bond donors (Lipinski definition) is 2. The highest BCUT2D eigenvalue weighted by atomic mass is 32.2. The van der Waals surface area contributed by atoms with Crippen LogP contribution in [0.1, 0.15) is 13.3 Å². The second kappa shape index (κ2) is 8.97. The molecule has 1 aliphatic rings. The summed E-state index contributed by atoms with van der Waals surface area (Å²) in [5.41, 5.74) is 0.887. The molecule has 8 nitrogen and oxygen atoms in total. The van der Waals surface area contributed by atoms with Gasteiger partial charge in [0.05, 0.1) is 41.5 Å². The van der Waals surface area contributed by atoms with E-state index < -0.39 is 21.0 Å². The Hall–Kier alpha value is -2.72. The maximum Gasteiger partial charge on any atom is 0.234 e. The van der Waals surface area contributed by atoms with E-state index in [2.05, 4.69) is 10.6 Å². The number of benzene rings is 2. The standard InChI is InChI=1S/C20H22N2O6S2/c1-12(8-19(23)21-15-6-4-13(27-2)9-17(15)28-3)30(25,26)14-5-7-18-16(10-14)22-20(24)11-29-18/h4-7,9-10,12H,8,11H2,1-3H3,(H,21,23)(H,22,24). The predicted molar refractivity (Wildman–Crippen MR) is 115 cm³/mol. The lowest BCUT2D eigenvalue weighted by molar-refractivity contribution is -0.116. The summed E-state index contributed by atoms with van der Waals surface area (Å²) in [6, 6.07) is 9.52. The first kappa shape index (κ1) is 22.0. The van der Waals surface area contributed by atoms with Gasteiger partial charge in [-0.3, -0.25) is 9.59 Å². The van der Waals surface area contributed by atoms with E-state index in [1.165, 1.54) is 45.0 Å². The summed E-state index contributed by atoms with van der Waals surface area (Å²) in [4.78, 5) is 24.9. The van der Waals surface area contributed by atoms with Gasteiger partial charge in [-0.1, -0.05) is 0 Å². The van der Waals surface area contributed by atoms with E-state index in [4.69, 9.17) is 9.47 Å². The number of ether oxygens (including phenoxy) is 2. The van der Waals surface area contributed by atoms with Gasteiger partial charge in [-0.2, -0.15) is 0 Å². The monoisotopic (exact) mass is 450 g/mol. The fourth-order valence-electron chi connectivity index (χ4n) is 2.95. The highest BCUT2D eigenvalue weighted by Crippen LogP contribution is 2.34. The molecule has 1 heterocycles. The minimum Gasteiger partial charge on any atom is -0.497 e. The van der Waals surface area contributed by atoms with Gasteiger partial charge >= 0.3 is 0 Å². The molecular weight excluding hydrogens is 428 g/mol. The summed E-state index contributed by atoms with van der Waals surface area (Å²) in [7, 11) is -0.795. The Balaban J connectivity index is 1.73. The maximum absolute atomic E-state index is 13.0. The van der Waals surface area contributed by atoms with Crippen LogP contribution in [0.5, 0.6) is 11.5 Å². The van der Waals surface area contributed by atoms with Crippen molar-refractivity contribution >= 4 is 44.8 Å². The lowest BCUT2D eigenvalue weighted by Crippen LogP contribution is -2.25. The highest BCUT2D eigenvalue weighted by molar-refractivity contribution is 8.00. The molecule has 1 atom stereocenters. The Morgan fingerprint density at radius 2 is 1.97 bits per heavy atom. The number of fused-ring (bicyclic) bond motifs is 1. The van der Waals surface area contributed by atoms with Crippen LogP contribution in [0.3, 0.4) is 0 Å². The fourth-order valence-corrected chi connectivity index (χ4v) is 5.11. The molecule has 0 aromatic heterocycles. The summed E-state index contributed by atoms with van der Waals surface area (Å²) in [6.45, 7) is 1.48. The molecule has 2 aromatic rings. The number of nitrogens with one attached hydrogen (secondary N) is 2. The lowest BCUT2D eigenvalue weighted by Gasteiger charge is -2.19. The molecule has 0 saturated carbocycles. The van der Waals surface area contributed by atoms with Crippen molar-refractivity contribution in [3.05, 3.63) is 36.4 Å². The lowest BCUT2D eigenvalue weighted by atomic mass is 10.2. The van der Waals surface area contributed by atoms with Gasteiger partial charge in [-0.05, 0) is 37.3 Å². The molecule has 3 rings (SSSR count). The minimum atomic E-state index is -3.78. The van der Waals surface area contributed by atoms with Gasteiger partial charge in [0.1, 0.15) is 11.5 Å². The molecule has 2 N–H and O–H groups in total. The molecule has 2 amide bonds. The third kappa shape index (κ3) is 4.71. The second-order valence-corrected chi connectivity index (χ2v) is 10.1. The van der Waals surface area contributed by atoms with Crippen LogP contribution in [0, 0.1) is 0 Å². The molecule has 0 radical (unpaired) electrons. The zero-order valence-corrected chi connectivity index (χ0v) is 18.4. The molecule has 0 aliphatic carbocycles. The second-order valence-electron chi connectivity index (χ2n) is 6.67. The zero-order chi connectivity index (χ0) is 21.9. The van der Waals surface area contributed by atoms with Crippen molar-refractivity contribution < 1.29 is 27.5 Å². The number of sulfone groups is 1. The van der Waals surface area contributed by atoms with Crippen LogP contribution in [-0.4, -0.2) is 45.5 Å². The van der Waals surface area contributed by atoms with Crippen LogP contribution in [0.25, 0.3) is 0 Å². The van der Waals surface area contributed by atoms with Crippen molar-refractivity contribution in [2.24, 2.45) is 0 Å². The number of thioether (sulfide) groups is 1. The van der Waals surface area contributed by atoms with Crippen molar-refractivity contribution in [2.75, 3.05) is 30.6 Å². The molecule has 1 aliphatic heterocycles. The molecule has 30 heavy (non-hydrogen) atoms. The van der Waals surface area contributed by atoms with E-state index in [0.29, 0.717) is 28.6 Å². The maximum atomic E-state index is 13.0. The number of hydrogen-bond acceptors (Lipinski definition) is 7. The third-order valence-corrected chi connectivity index (χ3v) is 7.81. The quantitative estimate of drug-likeness (QED) is 0.667. The van der Waals surface area contributed by atoms with Crippen molar-refractivity contribution in [2.45, 2.75) is 28.4 Å². The molecule has 0 saturated heterocycles. The number of methoxy groups -OCH3 is 2. The molecule has 1 unspecified atom stereocenters. The van der Waals surface area contributed by atoms with Crippen LogP contribution in [-0.2, 0) is 19.4 Å². The van der Waals surface area contributed by atoms with E-state index >= 15 is 0 Å². The van der Waals surface area contributed by atoms with E-state index in [1.54, 1.807) is 24.3 Å². The van der Waals surface area contributed by atoms with Gasteiger partial charge < -0.3 is 20.1 Å². The smallest absolute Gasteiger partial charge is 0.234 e. The molecular formula is C20H22N2O6S2. The topological polar surface area (TPSA) is 111 Å². The van der Waals surface area contributed by atoms with Crippen LogP contribution in [0.4, 0.5) is 11.4 Å². The number of rotatable bonds is 7. The van der Waals surface area contributed by atoms with Crippen molar-refractivity contribution in [3.8, 4) is 11.5 Å². The van der Waals surface area contributed by atoms with Gasteiger partial charge in [-0.15, -0.1) is 11.8 Å². The van der Waals surface area contributed by atoms with Gasteiger partial charge in [-0.25, -0.2) is 8.42 Å². The first-order chi connectivity index (χ1) is 14.2. The summed E-state index contributed by atoms with van der Waals surface area (Å²) in [5, 5.41) is 4.39. The number of amides is 2. The molecule has 0 spiro atoms. The minimum absolute atomic E-state index is 0.0615. The first-order valence-corrected chi connectivity index (χ1v) is 11.6. The molecule has 0 fully saturated rings. The summed E-state index contributed by atoms with van der Waals surface area (Å²) >= 11 is 1.35. The zero-order valence-electron chi connectivity index (χ0n) is 16.7. The SMILES string of the molecule is COc1ccc(NC(=O)CC(C)S(=O)(=O)c2ccc3c(c2)NC(=O)CS3)c(OC)c1. The Bertz CT molecular complexity index is 1080. The van der Waals surface area contributed by atoms with E-state index in [-0.39, 0.29) is 17.2 Å². The third-order valence-electron chi connectivity index (χ3n) is 4.60. The van der Waals surface area contributed by atoms with Crippen molar-refractivity contribution in [3.63, 3.8) is 0 Å². The van der Waals surface area contributed by atoms with Crippen LogP contribution >= 0.6 is 11.8 Å². The molecule has 160 valence electrons. The first-order valence-electron chi connectivity index (χ1n) is 9.07. The van der Waals surface area contributed by atoms with Crippen molar-refractivity contribution in [1.29, 1.82) is 0 Å². The number of carbonyl (C=O) groups is 2. The Kier molecular flexibility index (Phi) is 6.57. The Labute approximate surface area is 179 Å². The van der Waals surface area contributed by atoms with Crippen LogP contribution in [0.2, 0.25) is 0 Å². The normalized spacial score (nSPS) is 14.3. The highest BCUT2D eigenvalue weighted by Gasteiger charge is 2.28. The predicted octanol–water partition coefficient (Wildman–Crippen LogP) is 2.94. The molecule has 0 bridgehead atoms. The van der Waals surface area contributed by atoms with Gasteiger partial charge in [0.25, 0.3) is 0 Å². The number of anilines is 2. The molecule has 10 heteroatoms. The van der Waals surface area contributed by atoms with E-state index in [0.717, 1.165) is 4.90 Å². The van der Waals surface area contributed by atoms with E-state index in [9.17, 15) is 18.0 Å². The summed E-state index contributed by atoms with van der Waals surface area (Å²) in [5.74, 6) is 0.628.